The molecule has 1 aromatic rings. The van der Waals surface area contributed by atoms with E-state index < -0.39 is 10.0 Å². The second-order valence-corrected chi connectivity index (χ2v) is 8.55. The molecule has 24 heavy (non-hydrogen) atoms. The Morgan fingerprint density at radius 2 is 1.79 bits per heavy atom. The molecule has 0 spiro atoms. The lowest BCUT2D eigenvalue weighted by Crippen LogP contribution is -2.45. The first-order valence-electron chi connectivity index (χ1n) is 8.08. The first-order chi connectivity index (χ1) is 11.2. The van der Waals surface area contributed by atoms with Gasteiger partial charge < -0.3 is 10.6 Å². The Labute approximate surface area is 143 Å². The van der Waals surface area contributed by atoms with Gasteiger partial charge in [0.1, 0.15) is 5.82 Å². The fourth-order valence-electron chi connectivity index (χ4n) is 2.77. The maximum Gasteiger partial charge on any atom is 0.229 e. The summed E-state index contributed by atoms with van der Waals surface area (Å²) in [6, 6.07) is 0.0620. The Kier molecular flexibility index (Phi) is 5.94. The minimum absolute atomic E-state index is 0.0620. The van der Waals surface area contributed by atoms with E-state index in [9.17, 15) is 8.42 Å². The third-order valence-electron chi connectivity index (χ3n) is 4.33. The molecule has 0 unspecified atom stereocenters. The van der Waals surface area contributed by atoms with Gasteiger partial charge in [0.15, 0.2) is 0 Å². The molecule has 0 radical (unpaired) electrons. The highest BCUT2D eigenvalue weighted by molar-refractivity contribution is 7.89. The van der Waals surface area contributed by atoms with Crippen molar-refractivity contribution in [2.75, 3.05) is 50.6 Å². The zero-order valence-corrected chi connectivity index (χ0v) is 15.6. The molecule has 1 saturated heterocycles. The number of nitrogen functional groups attached to an aromatic ring is 1. The van der Waals surface area contributed by atoms with Gasteiger partial charge in [0.05, 0.1) is 12.3 Å². The number of anilines is 2. The number of piperidine rings is 1. The van der Waals surface area contributed by atoms with E-state index in [4.69, 9.17) is 5.73 Å². The van der Waals surface area contributed by atoms with Crippen LogP contribution in [0.1, 0.15) is 25.6 Å². The lowest BCUT2D eigenvalue weighted by molar-refractivity contribution is 0.161. The monoisotopic (exact) mass is 357 g/mol. The van der Waals surface area contributed by atoms with Gasteiger partial charge in [0.25, 0.3) is 0 Å². The maximum absolute atomic E-state index is 12.0. The summed E-state index contributed by atoms with van der Waals surface area (Å²) in [5.74, 6) is 1.54. The SMILES string of the molecule is CCS(=O)(=O)N(C)C1CCN(Cc2nc(N)nc(N(C)C)n2)CC1. The van der Waals surface area contributed by atoms with Crippen LogP contribution in [-0.2, 0) is 16.6 Å². The molecule has 2 N–H and O–H groups in total. The van der Waals surface area contributed by atoms with E-state index in [0.717, 1.165) is 25.9 Å². The van der Waals surface area contributed by atoms with E-state index in [-0.39, 0.29) is 17.7 Å². The number of nitrogens with zero attached hydrogens (tertiary/aromatic N) is 6. The van der Waals surface area contributed by atoms with Gasteiger partial charge in [0, 0.05) is 40.3 Å². The minimum atomic E-state index is -3.14. The van der Waals surface area contributed by atoms with E-state index >= 15 is 0 Å². The van der Waals surface area contributed by atoms with Crippen molar-refractivity contribution in [2.45, 2.75) is 32.4 Å². The summed E-state index contributed by atoms with van der Waals surface area (Å²) in [6.07, 6.45) is 1.60. The zero-order valence-electron chi connectivity index (χ0n) is 14.8. The molecular weight excluding hydrogens is 330 g/mol. The number of likely N-dealkylation sites (tertiary alicyclic amines) is 1. The third-order valence-corrected chi connectivity index (χ3v) is 6.23. The van der Waals surface area contributed by atoms with Crippen molar-refractivity contribution in [3.63, 3.8) is 0 Å². The van der Waals surface area contributed by atoms with Gasteiger partial charge in [0.2, 0.25) is 21.9 Å². The largest absolute Gasteiger partial charge is 0.368 e. The minimum Gasteiger partial charge on any atom is -0.368 e. The zero-order chi connectivity index (χ0) is 17.9. The quantitative estimate of drug-likeness (QED) is 0.743. The van der Waals surface area contributed by atoms with Crippen molar-refractivity contribution in [2.24, 2.45) is 0 Å². The van der Waals surface area contributed by atoms with Crippen LogP contribution in [0.3, 0.4) is 0 Å². The summed E-state index contributed by atoms with van der Waals surface area (Å²) in [5, 5.41) is 0. The summed E-state index contributed by atoms with van der Waals surface area (Å²) >= 11 is 0. The van der Waals surface area contributed by atoms with Crippen molar-refractivity contribution in [1.82, 2.24) is 24.2 Å². The van der Waals surface area contributed by atoms with Crippen molar-refractivity contribution in [3.05, 3.63) is 5.82 Å². The topological polar surface area (TPSA) is 109 Å². The number of aromatic nitrogens is 3. The van der Waals surface area contributed by atoms with Gasteiger partial charge in [-0.25, -0.2) is 12.7 Å². The van der Waals surface area contributed by atoms with Gasteiger partial charge in [-0.15, -0.1) is 0 Å². The normalized spacial score (nSPS) is 17.4. The number of nitrogens with two attached hydrogens (primary N) is 1. The lowest BCUT2D eigenvalue weighted by Gasteiger charge is -2.35. The van der Waals surface area contributed by atoms with Crippen LogP contribution in [0.25, 0.3) is 0 Å². The van der Waals surface area contributed by atoms with Gasteiger partial charge in [-0.05, 0) is 19.8 Å². The second kappa shape index (κ2) is 7.58. The van der Waals surface area contributed by atoms with Crippen LogP contribution in [0.4, 0.5) is 11.9 Å². The van der Waals surface area contributed by atoms with Gasteiger partial charge in [-0.2, -0.15) is 15.0 Å². The van der Waals surface area contributed by atoms with Crippen LogP contribution in [0.2, 0.25) is 0 Å². The molecular formula is C14H27N7O2S. The molecule has 0 atom stereocenters. The van der Waals surface area contributed by atoms with Crippen LogP contribution in [0.5, 0.6) is 0 Å². The molecule has 9 nitrogen and oxygen atoms in total. The molecule has 1 aliphatic rings. The fraction of sp³-hybridized carbons (Fsp3) is 0.786. The molecule has 1 aromatic heterocycles. The van der Waals surface area contributed by atoms with E-state index in [1.54, 1.807) is 18.9 Å². The molecule has 10 heteroatoms. The van der Waals surface area contributed by atoms with Gasteiger partial charge >= 0.3 is 0 Å². The standard InChI is InChI=1S/C14H27N7O2S/c1-5-24(22,23)20(4)11-6-8-21(9-7-11)10-12-16-13(15)18-14(17-12)19(2)3/h11H,5-10H2,1-4H3,(H2,15,16,17,18). The van der Waals surface area contributed by atoms with Crippen molar-refractivity contribution in [3.8, 4) is 0 Å². The summed E-state index contributed by atoms with van der Waals surface area (Å²) in [5.41, 5.74) is 5.75. The third kappa shape index (κ3) is 4.52. The first-order valence-corrected chi connectivity index (χ1v) is 9.69. The Hall–Kier alpha value is -1.52. The van der Waals surface area contributed by atoms with Crippen molar-refractivity contribution >= 4 is 21.9 Å². The summed E-state index contributed by atoms with van der Waals surface area (Å²) < 4.78 is 25.5. The summed E-state index contributed by atoms with van der Waals surface area (Å²) in [4.78, 5) is 16.7. The second-order valence-electron chi connectivity index (χ2n) is 6.23. The molecule has 1 fully saturated rings. The average Bonchev–Trinajstić information content (AvgIpc) is 2.54. The van der Waals surface area contributed by atoms with Crippen LogP contribution in [0.15, 0.2) is 0 Å². The molecule has 0 amide bonds. The Bertz CT molecular complexity index is 657. The smallest absolute Gasteiger partial charge is 0.229 e. The maximum atomic E-state index is 12.0. The molecule has 0 saturated carbocycles. The Morgan fingerprint density at radius 3 is 2.33 bits per heavy atom. The predicted octanol–water partition coefficient (Wildman–Crippen LogP) is -0.234. The molecule has 0 aromatic carbocycles. The van der Waals surface area contributed by atoms with Crippen LogP contribution in [-0.4, -0.2) is 78.6 Å². The summed E-state index contributed by atoms with van der Waals surface area (Å²) in [7, 11) is 2.25. The predicted molar refractivity (Wildman–Crippen MR) is 94.1 cm³/mol. The van der Waals surface area contributed by atoms with Crippen LogP contribution >= 0.6 is 0 Å². The Morgan fingerprint density at radius 1 is 1.17 bits per heavy atom. The molecule has 1 aliphatic heterocycles. The fourth-order valence-corrected chi connectivity index (χ4v) is 3.84. The highest BCUT2D eigenvalue weighted by atomic mass is 32.2. The first kappa shape index (κ1) is 18.8. The average molecular weight is 357 g/mol. The van der Waals surface area contributed by atoms with E-state index in [0.29, 0.717) is 18.3 Å². The number of hydrogen-bond donors (Lipinski definition) is 1. The highest BCUT2D eigenvalue weighted by Gasteiger charge is 2.28. The van der Waals surface area contributed by atoms with Crippen LogP contribution in [0, 0.1) is 0 Å². The molecule has 136 valence electrons. The highest BCUT2D eigenvalue weighted by Crippen LogP contribution is 2.19. The lowest BCUT2D eigenvalue weighted by atomic mass is 10.1. The van der Waals surface area contributed by atoms with Crippen LogP contribution < -0.4 is 10.6 Å². The van der Waals surface area contributed by atoms with E-state index in [2.05, 4.69) is 19.9 Å². The Balaban J connectivity index is 1.96. The van der Waals surface area contributed by atoms with Gasteiger partial charge in [-0.3, -0.25) is 4.90 Å². The van der Waals surface area contributed by atoms with Crippen molar-refractivity contribution < 1.29 is 8.42 Å². The van der Waals surface area contributed by atoms with E-state index in [1.807, 2.05) is 14.1 Å². The molecule has 2 heterocycles. The van der Waals surface area contributed by atoms with Crippen molar-refractivity contribution in [1.29, 1.82) is 0 Å². The molecule has 2 rings (SSSR count). The molecule has 0 aliphatic carbocycles. The number of rotatable bonds is 6. The summed E-state index contributed by atoms with van der Waals surface area (Å²) in [6.45, 7) is 3.87. The number of hydrogen-bond acceptors (Lipinski definition) is 8. The van der Waals surface area contributed by atoms with E-state index in [1.165, 1.54) is 4.31 Å². The number of sulfonamides is 1. The molecule has 0 bridgehead atoms. The van der Waals surface area contributed by atoms with Gasteiger partial charge in [-0.1, -0.05) is 0 Å².